The first-order valence-corrected chi connectivity index (χ1v) is 6.74. The average Bonchev–Trinajstić information content (AvgIpc) is 2.78. The third kappa shape index (κ3) is 2.80. The molecule has 1 aromatic heterocycles. The number of nitrogens with zero attached hydrogens (tertiary/aromatic N) is 3. The Hall–Kier alpha value is -1.03. The van der Waals surface area contributed by atoms with Gasteiger partial charge >= 0.3 is 0 Å². The van der Waals surface area contributed by atoms with Crippen LogP contribution in [0.25, 0.3) is 0 Å². The van der Waals surface area contributed by atoms with Gasteiger partial charge in [0, 0.05) is 38.1 Å². The normalized spacial score (nSPS) is 19.6. The quantitative estimate of drug-likeness (QED) is 0.868. The van der Waals surface area contributed by atoms with Crippen molar-refractivity contribution in [1.29, 1.82) is 0 Å². The molecule has 2 rings (SSSR count). The van der Waals surface area contributed by atoms with Gasteiger partial charge in [0.15, 0.2) is 0 Å². The molecule has 0 spiro atoms. The summed E-state index contributed by atoms with van der Waals surface area (Å²) in [5.74, 6) is 1.82. The first-order valence-electron chi connectivity index (χ1n) is 6.74. The SMILES string of the molecule is CCCn1ccnc1N1CCC(C(C)N)CC1. The van der Waals surface area contributed by atoms with Crippen LogP contribution in [-0.2, 0) is 6.54 Å². The topological polar surface area (TPSA) is 47.1 Å². The predicted molar refractivity (Wildman–Crippen MR) is 71.1 cm³/mol. The van der Waals surface area contributed by atoms with Crippen molar-refractivity contribution in [3.63, 3.8) is 0 Å². The third-order valence-electron chi connectivity index (χ3n) is 3.72. The molecule has 1 fully saturated rings. The molecule has 0 aliphatic carbocycles. The zero-order valence-electron chi connectivity index (χ0n) is 11.0. The van der Waals surface area contributed by atoms with Crippen molar-refractivity contribution in [3.05, 3.63) is 12.4 Å². The second-order valence-corrected chi connectivity index (χ2v) is 5.10. The van der Waals surface area contributed by atoms with Crippen molar-refractivity contribution < 1.29 is 0 Å². The number of piperidine rings is 1. The van der Waals surface area contributed by atoms with Crippen LogP contribution < -0.4 is 10.6 Å². The minimum atomic E-state index is 0.326. The number of aryl methyl sites for hydroxylation is 1. The largest absolute Gasteiger partial charge is 0.342 e. The molecule has 0 radical (unpaired) electrons. The molecule has 1 aliphatic rings. The molecule has 0 aromatic carbocycles. The molecule has 0 bridgehead atoms. The summed E-state index contributed by atoms with van der Waals surface area (Å²) in [5, 5.41) is 0. The zero-order chi connectivity index (χ0) is 12.3. The highest BCUT2D eigenvalue weighted by molar-refractivity contribution is 5.31. The van der Waals surface area contributed by atoms with Crippen LogP contribution in [0.2, 0.25) is 0 Å². The van der Waals surface area contributed by atoms with Gasteiger partial charge in [-0.3, -0.25) is 0 Å². The summed E-state index contributed by atoms with van der Waals surface area (Å²) in [6, 6.07) is 0.326. The van der Waals surface area contributed by atoms with E-state index >= 15 is 0 Å². The Bertz CT molecular complexity index is 337. The molecule has 2 N–H and O–H groups in total. The predicted octanol–water partition coefficient (Wildman–Crippen LogP) is 1.86. The van der Waals surface area contributed by atoms with E-state index in [4.69, 9.17) is 5.73 Å². The van der Waals surface area contributed by atoms with E-state index in [1.54, 1.807) is 0 Å². The summed E-state index contributed by atoms with van der Waals surface area (Å²) in [6.07, 6.45) is 7.52. The maximum Gasteiger partial charge on any atom is 0.205 e. The van der Waals surface area contributed by atoms with Crippen molar-refractivity contribution >= 4 is 5.95 Å². The van der Waals surface area contributed by atoms with Gasteiger partial charge in [-0.15, -0.1) is 0 Å². The van der Waals surface area contributed by atoms with Crippen molar-refractivity contribution in [3.8, 4) is 0 Å². The lowest BCUT2D eigenvalue weighted by atomic mass is 9.91. The molecule has 2 heterocycles. The molecular formula is C13H24N4. The monoisotopic (exact) mass is 236 g/mol. The Labute approximate surface area is 104 Å². The van der Waals surface area contributed by atoms with E-state index in [1.807, 2.05) is 6.20 Å². The summed E-state index contributed by atoms with van der Waals surface area (Å²) in [4.78, 5) is 6.88. The minimum Gasteiger partial charge on any atom is -0.342 e. The highest BCUT2D eigenvalue weighted by atomic mass is 15.3. The van der Waals surface area contributed by atoms with Gasteiger partial charge in [-0.1, -0.05) is 6.92 Å². The molecule has 17 heavy (non-hydrogen) atoms. The molecule has 0 amide bonds. The maximum absolute atomic E-state index is 5.97. The fourth-order valence-corrected chi connectivity index (χ4v) is 2.63. The molecule has 1 aliphatic heterocycles. The first-order chi connectivity index (χ1) is 8.22. The van der Waals surface area contributed by atoms with E-state index < -0.39 is 0 Å². The summed E-state index contributed by atoms with van der Waals surface area (Å²) in [6.45, 7) is 7.56. The summed E-state index contributed by atoms with van der Waals surface area (Å²) in [5.41, 5.74) is 5.97. The van der Waals surface area contributed by atoms with Gasteiger partial charge < -0.3 is 15.2 Å². The second kappa shape index (κ2) is 5.54. The van der Waals surface area contributed by atoms with Crippen molar-refractivity contribution in [2.45, 2.75) is 45.7 Å². The van der Waals surface area contributed by atoms with Gasteiger partial charge in [0.25, 0.3) is 0 Å². The van der Waals surface area contributed by atoms with Gasteiger partial charge in [0.05, 0.1) is 0 Å². The molecule has 1 atom stereocenters. The molecule has 1 saturated heterocycles. The number of hydrogen-bond acceptors (Lipinski definition) is 3. The highest BCUT2D eigenvalue weighted by Gasteiger charge is 2.23. The molecule has 1 aromatic rings. The Morgan fingerprint density at radius 2 is 2.18 bits per heavy atom. The third-order valence-corrected chi connectivity index (χ3v) is 3.72. The van der Waals surface area contributed by atoms with E-state index in [-0.39, 0.29) is 0 Å². The minimum absolute atomic E-state index is 0.326. The number of aromatic nitrogens is 2. The zero-order valence-corrected chi connectivity index (χ0v) is 11.0. The fourth-order valence-electron chi connectivity index (χ4n) is 2.63. The van der Waals surface area contributed by atoms with Crippen molar-refractivity contribution in [1.82, 2.24) is 9.55 Å². The molecule has 0 saturated carbocycles. The van der Waals surface area contributed by atoms with Crippen LogP contribution >= 0.6 is 0 Å². The van der Waals surface area contributed by atoms with Crippen molar-refractivity contribution in [2.24, 2.45) is 11.7 Å². The van der Waals surface area contributed by atoms with E-state index in [0.717, 1.165) is 32.0 Å². The van der Waals surface area contributed by atoms with Gasteiger partial charge in [-0.2, -0.15) is 0 Å². The lowest BCUT2D eigenvalue weighted by molar-refractivity contribution is 0.351. The Balaban J connectivity index is 1.98. The van der Waals surface area contributed by atoms with Gasteiger partial charge in [-0.05, 0) is 32.1 Å². The van der Waals surface area contributed by atoms with E-state index in [9.17, 15) is 0 Å². The smallest absolute Gasteiger partial charge is 0.205 e. The first kappa shape index (κ1) is 12.4. The number of hydrogen-bond donors (Lipinski definition) is 1. The lowest BCUT2D eigenvalue weighted by Crippen LogP contribution is -2.40. The molecule has 96 valence electrons. The van der Waals surface area contributed by atoms with Crippen LogP contribution in [0.5, 0.6) is 0 Å². The summed E-state index contributed by atoms with van der Waals surface area (Å²) in [7, 11) is 0. The van der Waals surface area contributed by atoms with Crippen LogP contribution in [0.15, 0.2) is 12.4 Å². The van der Waals surface area contributed by atoms with E-state index in [1.165, 1.54) is 12.8 Å². The highest BCUT2D eigenvalue weighted by Crippen LogP contribution is 2.23. The average molecular weight is 236 g/mol. The lowest BCUT2D eigenvalue weighted by Gasteiger charge is -2.34. The van der Waals surface area contributed by atoms with Gasteiger partial charge in [0.2, 0.25) is 5.95 Å². The van der Waals surface area contributed by atoms with E-state index in [0.29, 0.717) is 12.0 Å². The molecule has 4 heteroatoms. The Morgan fingerprint density at radius 1 is 1.47 bits per heavy atom. The molecule has 4 nitrogen and oxygen atoms in total. The van der Waals surface area contributed by atoms with Crippen LogP contribution in [-0.4, -0.2) is 28.7 Å². The number of rotatable bonds is 4. The standard InChI is InChI=1S/C13H24N4/c1-3-7-16-10-6-15-13(16)17-8-4-12(5-9-17)11(2)14/h6,10-12H,3-5,7-9,14H2,1-2H3. The van der Waals surface area contributed by atoms with Crippen LogP contribution in [0.1, 0.15) is 33.1 Å². The van der Waals surface area contributed by atoms with Crippen LogP contribution in [0.4, 0.5) is 5.95 Å². The number of nitrogens with two attached hydrogens (primary N) is 1. The Kier molecular flexibility index (Phi) is 4.05. The van der Waals surface area contributed by atoms with Crippen LogP contribution in [0, 0.1) is 5.92 Å². The second-order valence-electron chi connectivity index (χ2n) is 5.10. The molecular weight excluding hydrogens is 212 g/mol. The van der Waals surface area contributed by atoms with E-state index in [2.05, 4.69) is 34.5 Å². The maximum atomic E-state index is 5.97. The number of anilines is 1. The number of imidazole rings is 1. The molecule has 1 unspecified atom stereocenters. The summed E-state index contributed by atoms with van der Waals surface area (Å²) < 4.78 is 2.26. The Morgan fingerprint density at radius 3 is 2.76 bits per heavy atom. The van der Waals surface area contributed by atoms with Crippen LogP contribution in [0.3, 0.4) is 0 Å². The fraction of sp³-hybridized carbons (Fsp3) is 0.769. The van der Waals surface area contributed by atoms with Gasteiger partial charge in [-0.25, -0.2) is 4.98 Å². The van der Waals surface area contributed by atoms with Crippen molar-refractivity contribution in [2.75, 3.05) is 18.0 Å². The van der Waals surface area contributed by atoms with Gasteiger partial charge in [0.1, 0.15) is 0 Å². The summed E-state index contributed by atoms with van der Waals surface area (Å²) >= 11 is 0.